The summed E-state index contributed by atoms with van der Waals surface area (Å²) in [5.74, 6) is 0. The van der Waals surface area contributed by atoms with Crippen molar-refractivity contribution >= 4 is 37.1 Å². The summed E-state index contributed by atoms with van der Waals surface area (Å²) < 4.78 is 24.2. The van der Waals surface area contributed by atoms with Crippen LogP contribution in [0.2, 0.25) is 0 Å². The first kappa shape index (κ1) is 16.1. The number of sulfone groups is 1. The molecule has 0 aliphatic rings. The van der Waals surface area contributed by atoms with Crippen LogP contribution in [0, 0.1) is 6.92 Å². The summed E-state index contributed by atoms with van der Waals surface area (Å²) in [5.41, 5.74) is 1.06. The summed E-state index contributed by atoms with van der Waals surface area (Å²) in [5, 5.41) is 3.31. The normalized spacial score (nSPS) is 14.8. The van der Waals surface area contributed by atoms with E-state index in [-0.39, 0.29) is 6.04 Å². The molecule has 104 valence electrons. The van der Waals surface area contributed by atoms with Gasteiger partial charge in [-0.3, -0.25) is 0 Å². The minimum Gasteiger partial charge on any atom is -0.309 e. The van der Waals surface area contributed by atoms with Crippen LogP contribution >= 0.6 is 27.3 Å². The van der Waals surface area contributed by atoms with Crippen LogP contribution in [-0.4, -0.2) is 26.0 Å². The van der Waals surface area contributed by atoms with E-state index in [1.54, 1.807) is 25.2 Å². The molecule has 1 rings (SSSR count). The van der Waals surface area contributed by atoms with Gasteiger partial charge in [0.15, 0.2) is 9.84 Å². The standard InChI is InChI=1S/C12H20BrNO2S2/c1-6-14-11(12(3,4)18(5,15)16)9-7-10(13)17-8(9)2/h7,11,14H,6H2,1-5H3. The molecule has 0 aromatic carbocycles. The van der Waals surface area contributed by atoms with E-state index in [4.69, 9.17) is 0 Å². The van der Waals surface area contributed by atoms with Crippen molar-refractivity contribution in [2.24, 2.45) is 0 Å². The minimum absolute atomic E-state index is 0.194. The van der Waals surface area contributed by atoms with Crippen LogP contribution in [0.1, 0.15) is 37.3 Å². The molecule has 1 heterocycles. The van der Waals surface area contributed by atoms with Crippen molar-refractivity contribution in [3.63, 3.8) is 0 Å². The van der Waals surface area contributed by atoms with Crippen LogP contribution in [-0.2, 0) is 9.84 Å². The predicted octanol–water partition coefficient (Wildman–Crippen LogP) is 3.29. The van der Waals surface area contributed by atoms with Crippen LogP contribution in [0.3, 0.4) is 0 Å². The molecular weight excluding hydrogens is 334 g/mol. The van der Waals surface area contributed by atoms with Crippen molar-refractivity contribution in [1.29, 1.82) is 0 Å². The molecule has 0 saturated heterocycles. The van der Waals surface area contributed by atoms with Gasteiger partial charge in [0.2, 0.25) is 0 Å². The number of halogens is 1. The highest BCUT2D eigenvalue weighted by Crippen LogP contribution is 2.38. The molecule has 6 heteroatoms. The fourth-order valence-electron chi connectivity index (χ4n) is 1.89. The quantitative estimate of drug-likeness (QED) is 0.883. The number of nitrogens with one attached hydrogen (secondary N) is 1. The van der Waals surface area contributed by atoms with Gasteiger partial charge < -0.3 is 5.32 Å². The second-order valence-electron chi connectivity index (χ2n) is 4.93. The van der Waals surface area contributed by atoms with Crippen LogP contribution < -0.4 is 5.32 Å². The van der Waals surface area contributed by atoms with Crippen LogP contribution in [0.25, 0.3) is 0 Å². The molecule has 18 heavy (non-hydrogen) atoms. The molecule has 0 bridgehead atoms. The smallest absolute Gasteiger partial charge is 0.154 e. The van der Waals surface area contributed by atoms with E-state index < -0.39 is 14.6 Å². The molecule has 0 fully saturated rings. The van der Waals surface area contributed by atoms with Crippen LogP contribution in [0.4, 0.5) is 0 Å². The number of rotatable bonds is 5. The third-order valence-corrected chi connectivity index (χ3v) is 7.01. The zero-order valence-electron chi connectivity index (χ0n) is 11.4. The Kier molecular flexibility index (Phi) is 5.03. The van der Waals surface area contributed by atoms with Gasteiger partial charge >= 0.3 is 0 Å². The summed E-state index contributed by atoms with van der Waals surface area (Å²) >= 11 is 5.09. The van der Waals surface area contributed by atoms with Crippen LogP contribution in [0.15, 0.2) is 9.85 Å². The molecule has 0 saturated carbocycles. The lowest BCUT2D eigenvalue weighted by Gasteiger charge is -2.33. The Morgan fingerprint density at radius 1 is 1.50 bits per heavy atom. The first-order valence-corrected chi connectivity index (χ1v) is 9.30. The van der Waals surface area contributed by atoms with E-state index in [2.05, 4.69) is 21.2 Å². The Balaban J connectivity index is 3.31. The largest absolute Gasteiger partial charge is 0.309 e. The van der Waals surface area contributed by atoms with Gasteiger partial charge in [0.1, 0.15) is 0 Å². The van der Waals surface area contributed by atoms with Crippen molar-refractivity contribution in [3.8, 4) is 0 Å². The first-order valence-electron chi connectivity index (χ1n) is 5.80. The second kappa shape index (κ2) is 5.61. The Morgan fingerprint density at radius 3 is 2.39 bits per heavy atom. The first-order chi connectivity index (χ1) is 8.11. The molecule has 1 atom stereocenters. The van der Waals surface area contributed by atoms with Gasteiger partial charge in [-0.15, -0.1) is 11.3 Å². The monoisotopic (exact) mass is 353 g/mol. The minimum atomic E-state index is -3.15. The molecule has 3 nitrogen and oxygen atoms in total. The van der Waals surface area contributed by atoms with Gasteiger partial charge in [0.05, 0.1) is 14.6 Å². The maximum absolute atomic E-state index is 12.0. The van der Waals surface area contributed by atoms with E-state index in [1.807, 2.05) is 19.9 Å². The molecule has 1 N–H and O–H groups in total. The molecule has 0 aliphatic carbocycles. The topological polar surface area (TPSA) is 46.2 Å². The molecule has 0 radical (unpaired) electrons. The van der Waals surface area contributed by atoms with E-state index >= 15 is 0 Å². The molecule has 0 aliphatic heterocycles. The van der Waals surface area contributed by atoms with Gasteiger partial charge in [0.25, 0.3) is 0 Å². The van der Waals surface area contributed by atoms with E-state index in [1.165, 1.54) is 6.26 Å². The zero-order chi connectivity index (χ0) is 14.1. The predicted molar refractivity (Wildman–Crippen MR) is 82.1 cm³/mol. The van der Waals surface area contributed by atoms with Crippen molar-refractivity contribution in [3.05, 3.63) is 20.3 Å². The van der Waals surface area contributed by atoms with Gasteiger partial charge in [-0.05, 0) is 54.9 Å². The Morgan fingerprint density at radius 2 is 2.06 bits per heavy atom. The molecule has 0 amide bonds. The highest BCUT2D eigenvalue weighted by atomic mass is 79.9. The lowest BCUT2D eigenvalue weighted by molar-refractivity contribution is 0.428. The van der Waals surface area contributed by atoms with Crippen molar-refractivity contribution < 1.29 is 8.42 Å². The van der Waals surface area contributed by atoms with Crippen LogP contribution in [0.5, 0.6) is 0 Å². The maximum atomic E-state index is 12.0. The zero-order valence-corrected chi connectivity index (χ0v) is 14.6. The van der Waals surface area contributed by atoms with Gasteiger partial charge in [-0.2, -0.15) is 0 Å². The Hall–Kier alpha value is 0.0900. The van der Waals surface area contributed by atoms with Gasteiger partial charge in [0, 0.05) is 11.1 Å². The molecule has 1 aromatic rings. The van der Waals surface area contributed by atoms with Crippen molar-refractivity contribution in [2.45, 2.75) is 38.5 Å². The highest BCUT2D eigenvalue weighted by molar-refractivity contribution is 9.11. The van der Waals surface area contributed by atoms with E-state index in [9.17, 15) is 8.42 Å². The van der Waals surface area contributed by atoms with E-state index in [0.29, 0.717) is 0 Å². The third kappa shape index (κ3) is 3.15. The van der Waals surface area contributed by atoms with Crippen molar-refractivity contribution in [2.75, 3.05) is 12.8 Å². The summed E-state index contributed by atoms with van der Waals surface area (Å²) in [6.07, 6.45) is 1.30. The fourth-order valence-corrected chi connectivity index (χ4v) is 4.28. The van der Waals surface area contributed by atoms with Crippen molar-refractivity contribution in [1.82, 2.24) is 5.32 Å². The lowest BCUT2D eigenvalue weighted by atomic mass is 9.95. The summed E-state index contributed by atoms with van der Waals surface area (Å²) in [6.45, 7) is 8.30. The third-order valence-electron chi connectivity index (χ3n) is 3.30. The number of hydrogen-bond acceptors (Lipinski definition) is 4. The van der Waals surface area contributed by atoms with Gasteiger partial charge in [-0.1, -0.05) is 6.92 Å². The SMILES string of the molecule is CCNC(c1cc(Br)sc1C)C(C)(C)S(C)(=O)=O. The number of aryl methyl sites for hydroxylation is 1. The van der Waals surface area contributed by atoms with Gasteiger partial charge in [-0.25, -0.2) is 8.42 Å². The highest BCUT2D eigenvalue weighted by Gasteiger charge is 2.40. The lowest BCUT2D eigenvalue weighted by Crippen LogP contribution is -2.45. The summed E-state index contributed by atoms with van der Waals surface area (Å²) in [6, 6.07) is 1.82. The van der Waals surface area contributed by atoms with E-state index in [0.717, 1.165) is 20.8 Å². The average Bonchev–Trinajstić information content (AvgIpc) is 2.52. The second-order valence-corrected chi connectivity index (χ2v) is 10.2. The maximum Gasteiger partial charge on any atom is 0.154 e. The number of hydrogen-bond donors (Lipinski definition) is 1. The molecule has 0 spiro atoms. The summed E-state index contributed by atoms with van der Waals surface area (Å²) in [7, 11) is -3.15. The fraction of sp³-hybridized carbons (Fsp3) is 0.667. The summed E-state index contributed by atoms with van der Waals surface area (Å²) in [4.78, 5) is 1.14. The molecule has 1 aromatic heterocycles. The molecular formula is C12H20BrNO2S2. The Labute approximate surface area is 122 Å². The average molecular weight is 354 g/mol. The Bertz CT molecular complexity index is 520. The number of thiophene rings is 1. The molecule has 1 unspecified atom stereocenters.